The van der Waals surface area contributed by atoms with Gasteiger partial charge in [-0.05, 0) is 36.8 Å². The lowest BCUT2D eigenvalue weighted by molar-refractivity contribution is -0.0240. The van der Waals surface area contributed by atoms with Gasteiger partial charge < -0.3 is 19.5 Å². The van der Waals surface area contributed by atoms with Crippen molar-refractivity contribution in [3.63, 3.8) is 0 Å². The van der Waals surface area contributed by atoms with Gasteiger partial charge in [0, 0.05) is 24.7 Å². The monoisotopic (exact) mass is 346 g/mol. The maximum absolute atomic E-state index is 10.6. The third kappa shape index (κ3) is 2.96. The van der Waals surface area contributed by atoms with Gasteiger partial charge in [0.2, 0.25) is 0 Å². The number of fused-ring (bicyclic) bond motifs is 1. The molecule has 1 saturated heterocycles. The zero-order valence-electron chi connectivity index (χ0n) is 13.7. The molecule has 1 aliphatic heterocycles. The molecule has 0 amide bonds. The maximum Gasteiger partial charge on any atom is 0.185 e. The molecule has 0 radical (unpaired) electrons. The number of benzene rings is 1. The zero-order valence-corrected chi connectivity index (χ0v) is 14.5. The van der Waals surface area contributed by atoms with Crippen LogP contribution in [0, 0.1) is 11.8 Å². The van der Waals surface area contributed by atoms with Crippen LogP contribution in [0.4, 0.5) is 5.13 Å². The molecule has 1 aromatic heterocycles. The smallest absolute Gasteiger partial charge is 0.185 e. The second-order valence-electron chi connectivity index (χ2n) is 6.59. The molecule has 0 spiro atoms. The second kappa shape index (κ2) is 6.61. The Balaban J connectivity index is 1.46. The van der Waals surface area contributed by atoms with Crippen LogP contribution in [0.5, 0.6) is 11.5 Å². The number of ether oxygens (including phenoxy) is 2. The van der Waals surface area contributed by atoms with E-state index in [1.807, 2.05) is 35.8 Å². The molecule has 2 fully saturated rings. The molecule has 1 aromatic carbocycles. The van der Waals surface area contributed by atoms with Crippen LogP contribution in [0.3, 0.4) is 0 Å². The Labute approximate surface area is 145 Å². The quantitative estimate of drug-likeness (QED) is 0.923. The minimum absolute atomic E-state index is 0.182. The van der Waals surface area contributed by atoms with E-state index in [1.165, 1.54) is 0 Å². The third-order valence-electron chi connectivity index (χ3n) is 5.12. The van der Waals surface area contributed by atoms with E-state index in [1.54, 1.807) is 18.4 Å². The molecule has 2 aromatic rings. The number of thiazole rings is 1. The number of methoxy groups -OCH3 is 1. The molecule has 0 unspecified atom stereocenters. The van der Waals surface area contributed by atoms with Gasteiger partial charge in [-0.2, -0.15) is 0 Å². The highest BCUT2D eigenvalue weighted by atomic mass is 32.1. The lowest BCUT2D eigenvalue weighted by Gasteiger charge is -2.35. The molecule has 2 aliphatic rings. The number of anilines is 1. The molecule has 4 rings (SSSR count). The second-order valence-corrected chi connectivity index (χ2v) is 7.46. The molecule has 6 heteroatoms. The Kier molecular flexibility index (Phi) is 4.33. The lowest BCUT2D eigenvalue weighted by atomic mass is 9.78. The van der Waals surface area contributed by atoms with Crippen molar-refractivity contribution in [2.24, 2.45) is 11.8 Å². The average Bonchev–Trinajstić information content (AvgIpc) is 3.24. The van der Waals surface area contributed by atoms with Crippen molar-refractivity contribution >= 4 is 16.5 Å². The molecule has 0 bridgehead atoms. The van der Waals surface area contributed by atoms with Gasteiger partial charge in [-0.3, -0.25) is 0 Å². The van der Waals surface area contributed by atoms with E-state index >= 15 is 0 Å². The summed E-state index contributed by atoms with van der Waals surface area (Å²) in [5, 5.41) is 13.7. The molecular formula is C18H22N2O3S. The summed E-state index contributed by atoms with van der Waals surface area (Å²) in [5.74, 6) is 2.47. The number of rotatable bonds is 4. The zero-order chi connectivity index (χ0) is 16.5. The predicted molar refractivity (Wildman–Crippen MR) is 94.0 cm³/mol. The molecule has 2 heterocycles. The SMILES string of the molecule is COc1ccccc1O[C@@H]1C[C@@H]2CN(c3nccs3)C[C@@H]2C[C@H]1O. The third-order valence-corrected chi connectivity index (χ3v) is 5.95. The highest BCUT2D eigenvalue weighted by molar-refractivity contribution is 7.13. The largest absolute Gasteiger partial charge is 0.493 e. The van der Waals surface area contributed by atoms with Gasteiger partial charge in [0.1, 0.15) is 6.10 Å². The van der Waals surface area contributed by atoms with Crippen LogP contribution >= 0.6 is 11.3 Å². The van der Waals surface area contributed by atoms with Crippen molar-refractivity contribution in [2.45, 2.75) is 25.0 Å². The molecule has 4 atom stereocenters. The average molecular weight is 346 g/mol. The molecule has 1 saturated carbocycles. The number of aromatic nitrogens is 1. The van der Waals surface area contributed by atoms with Crippen LogP contribution in [0.1, 0.15) is 12.8 Å². The number of aliphatic hydroxyl groups excluding tert-OH is 1. The van der Waals surface area contributed by atoms with Gasteiger partial charge >= 0.3 is 0 Å². The fourth-order valence-corrected chi connectivity index (χ4v) is 4.59. The fourth-order valence-electron chi connectivity index (χ4n) is 3.92. The minimum Gasteiger partial charge on any atom is -0.493 e. The number of aliphatic hydroxyl groups is 1. The molecular weight excluding hydrogens is 324 g/mol. The van der Waals surface area contributed by atoms with Gasteiger partial charge in [0.25, 0.3) is 0 Å². The van der Waals surface area contributed by atoms with E-state index in [2.05, 4.69) is 9.88 Å². The maximum atomic E-state index is 10.6. The van der Waals surface area contributed by atoms with E-state index in [0.717, 1.165) is 31.1 Å². The van der Waals surface area contributed by atoms with Crippen molar-refractivity contribution in [2.75, 3.05) is 25.1 Å². The van der Waals surface area contributed by atoms with Crippen molar-refractivity contribution < 1.29 is 14.6 Å². The minimum atomic E-state index is -0.438. The van der Waals surface area contributed by atoms with Gasteiger partial charge in [-0.25, -0.2) is 4.98 Å². The topological polar surface area (TPSA) is 54.8 Å². The Morgan fingerprint density at radius 2 is 1.92 bits per heavy atom. The van der Waals surface area contributed by atoms with Gasteiger partial charge in [0.05, 0.1) is 13.2 Å². The van der Waals surface area contributed by atoms with Crippen molar-refractivity contribution in [1.29, 1.82) is 0 Å². The van der Waals surface area contributed by atoms with Gasteiger partial charge in [-0.15, -0.1) is 11.3 Å². The highest BCUT2D eigenvalue weighted by Gasteiger charge is 2.43. The molecule has 24 heavy (non-hydrogen) atoms. The van der Waals surface area contributed by atoms with Crippen LogP contribution < -0.4 is 14.4 Å². The first-order chi connectivity index (χ1) is 11.7. The summed E-state index contributed by atoms with van der Waals surface area (Å²) in [5.41, 5.74) is 0. The summed E-state index contributed by atoms with van der Waals surface area (Å²) in [4.78, 5) is 6.76. The summed E-state index contributed by atoms with van der Waals surface area (Å²) in [7, 11) is 1.64. The normalized spacial score (nSPS) is 29.3. The summed E-state index contributed by atoms with van der Waals surface area (Å²) in [6.07, 6.45) is 2.88. The molecule has 1 N–H and O–H groups in total. The van der Waals surface area contributed by atoms with Gasteiger partial charge in [-0.1, -0.05) is 12.1 Å². The van der Waals surface area contributed by atoms with Crippen LogP contribution in [-0.2, 0) is 0 Å². The molecule has 128 valence electrons. The molecule has 5 nitrogen and oxygen atoms in total. The van der Waals surface area contributed by atoms with E-state index < -0.39 is 6.10 Å². The van der Waals surface area contributed by atoms with Crippen molar-refractivity contribution in [3.8, 4) is 11.5 Å². The van der Waals surface area contributed by atoms with Crippen LogP contribution in [0.2, 0.25) is 0 Å². The van der Waals surface area contributed by atoms with Crippen LogP contribution in [0.25, 0.3) is 0 Å². The van der Waals surface area contributed by atoms with Crippen molar-refractivity contribution in [1.82, 2.24) is 4.98 Å². The molecule has 1 aliphatic carbocycles. The highest BCUT2D eigenvalue weighted by Crippen LogP contribution is 2.40. The van der Waals surface area contributed by atoms with Crippen molar-refractivity contribution in [3.05, 3.63) is 35.8 Å². The first kappa shape index (κ1) is 15.7. The first-order valence-corrected chi connectivity index (χ1v) is 9.24. The first-order valence-electron chi connectivity index (χ1n) is 8.36. The Hall–Kier alpha value is -1.79. The van der Waals surface area contributed by atoms with E-state index in [9.17, 15) is 5.11 Å². The van der Waals surface area contributed by atoms with E-state index in [0.29, 0.717) is 23.3 Å². The predicted octanol–water partition coefficient (Wildman–Crippen LogP) is 2.81. The number of hydrogen-bond acceptors (Lipinski definition) is 6. The lowest BCUT2D eigenvalue weighted by Crippen LogP contribution is -2.42. The summed E-state index contributed by atoms with van der Waals surface area (Å²) in [6.45, 7) is 1.98. The van der Waals surface area contributed by atoms with Crippen LogP contribution in [0.15, 0.2) is 35.8 Å². The Bertz CT molecular complexity index is 679. The number of para-hydroxylation sites is 2. The summed E-state index contributed by atoms with van der Waals surface area (Å²) in [6, 6.07) is 7.62. The number of nitrogens with zero attached hydrogens (tertiary/aromatic N) is 2. The van der Waals surface area contributed by atoms with E-state index in [4.69, 9.17) is 9.47 Å². The van der Waals surface area contributed by atoms with E-state index in [-0.39, 0.29) is 6.10 Å². The van der Waals surface area contributed by atoms with Gasteiger partial charge in [0.15, 0.2) is 16.6 Å². The van der Waals surface area contributed by atoms with Crippen LogP contribution in [-0.4, -0.2) is 42.5 Å². The Morgan fingerprint density at radius 1 is 1.17 bits per heavy atom. The number of hydrogen-bond donors (Lipinski definition) is 1. The fraction of sp³-hybridized carbons (Fsp3) is 0.500. The summed E-state index contributed by atoms with van der Waals surface area (Å²) < 4.78 is 11.5. The standard InChI is InChI=1S/C18H22N2O3S/c1-22-15-4-2-3-5-16(15)23-17-9-13-11-20(18-19-6-7-24-18)10-12(13)8-14(17)21/h2-7,12-14,17,21H,8-11H2,1H3/t12-,13+,14+,17+/m0/s1. The Morgan fingerprint density at radius 3 is 2.62 bits per heavy atom. The summed E-state index contributed by atoms with van der Waals surface area (Å²) >= 11 is 1.68.